The highest BCUT2D eigenvalue weighted by atomic mass is 16.5. The third-order valence-electron chi connectivity index (χ3n) is 5.39. The van der Waals surface area contributed by atoms with Gasteiger partial charge in [-0.1, -0.05) is 36.4 Å². The van der Waals surface area contributed by atoms with Gasteiger partial charge in [0.25, 0.3) is 0 Å². The molecule has 1 amide bonds. The monoisotopic (exact) mass is 404 g/mol. The van der Waals surface area contributed by atoms with Gasteiger partial charge in [-0.2, -0.15) is 5.10 Å². The number of carbonyl (C=O) groups is 1. The van der Waals surface area contributed by atoms with E-state index in [2.05, 4.69) is 35.4 Å². The van der Waals surface area contributed by atoms with Crippen LogP contribution in [0.15, 0.2) is 59.7 Å². The first-order chi connectivity index (χ1) is 14.5. The summed E-state index contributed by atoms with van der Waals surface area (Å²) in [5.41, 5.74) is 2.75. The molecule has 0 saturated carbocycles. The summed E-state index contributed by atoms with van der Waals surface area (Å²) in [5, 5.41) is 8.51. The maximum absolute atomic E-state index is 12.4. The largest absolute Gasteiger partial charge is 0.493 e. The number of nitrogens with zero attached hydrogens (tertiary/aromatic N) is 2. The van der Waals surface area contributed by atoms with Crippen LogP contribution in [0, 0.1) is 0 Å². The number of hydrogen-bond acceptors (Lipinski definition) is 5. The topological polar surface area (TPSA) is 60.4 Å². The lowest BCUT2D eigenvalue weighted by Crippen LogP contribution is -2.24. The number of benzene rings is 3. The Bertz CT molecular complexity index is 1110. The molecule has 0 saturated heterocycles. The van der Waals surface area contributed by atoms with Gasteiger partial charge in [0.1, 0.15) is 0 Å². The maximum atomic E-state index is 12.4. The summed E-state index contributed by atoms with van der Waals surface area (Å²) in [6, 6.07) is 17.9. The van der Waals surface area contributed by atoms with Gasteiger partial charge in [-0.25, -0.2) is 5.01 Å². The van der Waals surface area contributed by atoms with Crippen molar-refractivity contribution in [3.8, 4) is 17.2 Å². The van der Waals surface area contributed by atoms with E-state index in [4.69, 9.17) is 14.2 Å². The molecule has 0 bridgehead atoms. The van der Waals surface area contributed by atoms with Gasteiger partial charge in [0.05, 0.1) is 33.1 Å². The highest BCUT2D eigenvalue weighted by molar-refractivity contribution is 6.05. The van der Waals surface area contributed by atoms with Crippen LogP contribution in [0.25, 0.3) is 10.8 Å². The van der Waals surface area contributed by atoms with Crippen LogP contribution in [-0.4, -0.2) is 38.0 Å². The lowest BCUT2D eigenvalue weighted by molar-refractivity contribution is -0.130. The number of rotatable bonds is 5. The van der Waals surface area contributed by atoms with Gasteiger partial charge in [0.2, 0.25) is 11.7 Å². The Morgan fingerprint density at radius 2 is 1.60 bits per heavy atom. The Morgan fingerprint density at radius 1 is 0.933 bits per heavy atom. The first-order valence-electron chi connectivity index (χ1n) is 9.72. The molecule has 1 aliphatic rings. The van der Waals surface area contributed by atoms with E-state index in [0.717, 1.165) is 22.2 Å². The highest BCUT2D eigenvalue weighted by Crippen LogP contribution is 2.43. The van der Waals surface area contributed by atoms with Crippen molar-refractivity contribution in [1.82, 2.24) is 5.01 Å². The Labute approximate surface area is 175 Å². The van der Waals surface area contributed by atoms with Crippen molar-refractivity contribution < 1.29 is 19.0 Å². The third kappa shape index (κ3) is 3.45. The molecule has 30 heavy (non-hydrogen) atoms. The minimum absolute atomic E-state index is 0.121. The zero-order valence-electron chi connectivity index (χ0n) is 17.5. The van der Waals surface area contributed by atoms with Crippen LogP contribution in [0.3, 0.4) is 0 Å². The Kier molecular flexibility index (Phi) is 5.31. The van der Waals surface area contributed by atoms with Crippen LogP contribution >= 0.6 is 0 Å². The molecule has 0 N–H and O–H groups in total. The number of amides is 1. The number of methoxy groups -OCH3 is 3. The van der Waals surface area contributed by atoms with Crippen molar-refractivity contribution >= 4 is 22.4 Å². The predicted octanol–water partition coefficient (Wildman–Crippen LogP) is 4.56. The standard InChI is InChI=1S/C24H24N2O4/c1-15(27)26-21(19-12-22(28-2)24(30-4)23(13-19)29-3)14-20(25-26)18-10-9-16-7-5-6-8-17(16)11-18/h5-13,21H,14H2,1-4H3/t21-/m0/s1. The molecule has 0 fully saturated rings. The molecule has 1 atom stereocenters. The van der Waals surface area contributed by atoms with Gasteiger partial charge >= 0.3 is 0 Å². The minimum Gasteiger partial charge on any atom is -0.493 e. The second-order valence-corrected chi connectivity index (χ2v) is 7.15. The second kappa shape index (κ2) is 8.06. The van der Waals surface area contributed by atoms with Gasteiger partial charge < -0.3 is 14.2 Å². The highest BCUT2D eigenvalue weighted by Gasteiger charge is 2.33. The molecule has 6 heteroatoms. The molecule has 0 spiro atoms. The van der Waals surface area contributed by atoms with Crippen molar-refractivity contribution in [3.63, 3.8) is 0 Å². The molecule has 3 aromatic rings. The normalized spacial score (nSPS) is 15.8. The summed E-state index contributed by atoms with van der Waals surface area (Å²) >= 11 is 0. The van der Waals surface area contributed by atoms with E-state index < -0.39 is 0 Å². The molecule has 1 heterocycles. The van der Waals surface area contributed by atoms with E-state index in [1.807, 2.05) is 24.3 Å². The molecule has 1 aliphatic heterocycles. The molecule has 0 unspecified atom stereocenters. The van der Waals surface area contributed by atoms with Crippen LogP contribution in [0.1, 0.15) is 30.5 Å². The van der Waals surface area contributed by atoms with Crippen molar-refractivity contribution in [2.75, 3.05) is 21.3 Å². The van der Waals surface area contributed by atoms with Gasteiger partial charge in [-0.05, 0) is 40.1 Å². The third-order valence-corrected chi connectivity index (χ3v) is 5.39. The average molecular weight is 404 g/mol. The fourth-order valence-corrected chi connectivity index (χ4v) is 3.90. The number of ether oxygens (including phenoxy) is 3. The Morgan fingerprint density at radius 3 is 2.20 bits per heavy atom. The quantitative estimate of drug-likeness (QED) is 0.625. The van der Waals surface area contributed by atoms with Crippen LogP contribution in [0.5, 0.6) is 17.2 Å². The first kappa shape index (κ1) is 19.8. The molecule has 4 rings (SSSR count). The predicted molar refractivity (Wildman–Crippen MR) is 116 cm³/mol. The fourth-order valence-electron chi connectivity index (χ4n) is 3.90. The van der Waals surface area contributed by atoms with Gasteiger partial charge in [-0.15, -0.1) is 0 Å². The summed E-state index contributed by atoms with van der Waals surface area (Å²) in [7, 11) is 4.73. The molecular formula is C24H24N2O4. The molecule has 6 nitrogen and oxygen atoms in total. The van der Waals surface area contributed by atoms with Gasteiger partial charge in [0, 0.05) is 13.3 Å². The summed E-state index contributed by atoms with van der Waals surface area (Å²) in [6.45, 7) is 1.53. The summed E-state index contributed by atoms with van der Waals surface area (Å²) in [5.74, 6) is 1.50. The average Bonchev–Trinajstić information content (AvgIpc) is 3.23. The smallest absolute Gasteiger partial charge is 0.240 e. The molecule has 3 aromatic carbocycles. The van der Waals surface area contributed by atoms with E-state index in [0.29, 0.717) is 23.7 Å². The van der Waals surface area contributed by atoms with Crippen LogP contribution in [0.4, 0.5) is 0 Å². The molecule has 154 valence electrons. The lowest BCUT2D eigenvalue weighted by atomic mass is 9.96. The van der Waals surface area contributed by atoms with E-state index in [1.54, 1.807) is 21.3 Å². The van der Waals surface area contributed by atoms with Gasteiger partial charge in [0.15, 0.2) is 11.5 Å². The maximum Gasteiger partial charge on any atom is 0.240 e. The van der Waals surface area contributed by atoms with E-state index in [9.17, 15) is 4.79 Å². The van der Waals surface area contributed by atoms with E-state index in [-0.39, 0.29) is 11.9 Å². The number of carbonyl (C=O) groups excluding carboxylic acids is 1. The summed E-state index contributed by atoms with van der Waals surface area (Å²) in [6.07, 6.45) is 0.594. The molecular weight excluding hydrogens is 380 g/mol. The molecule has 0 aromatic heterocycles. The second-order valence-electron chi connectivity index (χ2n) is 7.15. The first-order valence-corrected chi connectivity index (χ1v) is 9.72. The van der Waals surface area contributed by atoms with Crippen LogP contribution in [0.2, 0.25) is 0 Å². The SMILES string of the molecule is COc1cc([C@@H]2CC(c3ccc4ccccc4c3)=NN2C(C)=O)cc(OC)c1OC. The fraction of sp³-hybridized carbons (Fsp3) is 0.250. The summed E-state index contributed by atoms with van der Waals surface area (Å²) < 4.78 is 16.4. The number of hydrazone groups is 1. The van der Waals surface area contributed by atoms with E-state index >= 15 is 0 Å². The Hall–Kier alpha value is -3.54. The zero-order chi connectivity index (χ0) is 21.3. The van der Waals surface area contributed by atoms with Crippen molar-refractivity contribution in [2.45, 2.75) is 19.4 Å². The van der Waals surface area contributed by atoms with Crippen molar-refractivity contribution in [1.29, 1.82) is 0 Å². The van der Waals surface area contributed by atoms with E-state index in [1.165, 1.54) is 17.3 Å². The zero-order valence-corrected chi connectivity index (χ0v) is 17.5. The van der Waals surface area contributed by atoms with Crippen molar-refractivity contribution in [3.05, 3.63) is 65.7 Å². The van der Waals surface area contributed by atoms with Crippen molar-refractivity contribution in [2.24, 2.45) is 5.10 Å². The van der Waals surface area contributed by atoms with Crippen LogP contribution < -0.4 is 14.2 Å². The molecule has 0 aliphatic carbocycles. The van der Waals surface area contributed by atoms with Crippen LogP contribution in [-0.2, 0) is 4.79 Å². The Balaban J connectivity index is 1.74. The number of hydrogen-bond donors (Lipinski definition) is 0. The van der Waals surface area contributed by atoms with Gasteiger partial charge in [-0.3, -0.25) is 4.79 Å². The number of fused-ring (bicyclic) bond motifs is 1. The minimum atomic E-state index is -0.252. The summed E-state index contributed by atoms with van der Waals surface area (Å²) in [4.78, 5) is 12.4. The molecule has 0 radical (unpaired) electrons. The lowest BCUT2D eigenvalue weighted by Gasteiger charge is -2.22.